The molecule has 3 aromatic carbocycles. The highest BCUT2D eigenvalue weighted by molar-refractivity contribution is 5.17. The lowest BCUT2D eigenvalue weighted by Crippen LogP contribution is -2.62. The molecule has 172 valence electrons. The molecule has 6 heteroatoms. The Morgan fingerprint density at radius 1 is 0.727 bits per heavy atom. The van der Waals surface area contributed by atoms with Crippen molar-refractivity contribution >= 4 is 0 Å². The van der Waals surface area contributed by atoms with Gasteiger partial charge in [-0.2, -0.15) is 0 Å². The second kappa shape index (κ2) is 10.6. The highest BCUT2D eigenvalue weighted by Gasteiger charge is 2.50. The summed E-state index contributed by atoms with van der Waals surface area (Å²) in [6.45, 7) is 0.977. The highest BCUT2D eigenvalue weighted by Crippen LogP contribution is 2.36. The third kappa shape index (κ3) is 5.33. The Hall–Kier alpha value is -2.58. The van der Waals surface area contributed by atoms with Gasteiger partial charge in [-0.15, -0.1) is 0 Å². The zero-order chi connectivity index (χ0) is 22.5. The maximum Gasteiger partial charge on any atom is 0.187 e. The van der Waals surface area contributed by atoms with Crippen LogP contribution in [-0.4, -0.2) is 42.4 Å². The summed E-state index contributed by atoms with van der Waals surface area (Å²) >= 11 is 0. The first-order valence-electron chi connectivity index (χ1n) is 11.2. The molecule has 2 aliphatic heterocycles. The van der Waals surface area contributed by atoms with Crippen LogP contribution in [0.15, 0.2) is 91.0 Å². The van der Waals surface area contributed by atoms with E-state index in [0.29, 0.717) is 19.8 Å². The largest absolute Gasteiger partial charge is 0.385 e. The molecule has 0 saturated carbocycles. The zero-order valence-corrected chi connectivity index (χ0v) is 18.2. The maximum atomic E-state index is 11.2. The molecule has 6 nitrogen and oxygen atoms in total. The summed E-state index contributed by atoms with van der Waals surface area (Å²) in [5, 5.41) is 11.2. The molecule has 0 spiro atoms. The van der Waals surface area contributed by atoms with Crippen molar-refractivity contribution in [1.29, 1.82) is 0 Å². The molecule has 0 amide bonds. The number of hydrogen-bond acceptors (Lipinski definition) is 6. The van der Waals surface area contributed by atoms with E-state index in [9.17, 15) is 5.11 Å². The molecule has 2 heterocycles. The molecule has 33 heavy (non-hydrogen) atoms. The van der Waals surface area contributed by atoms with Gasteiger partial charge in [0.15, 0.2) is 12.6 Å². The Kier molecular flexibility index (Phi) is 7.12. The predicted molar refractivity (Wildman–Crippen MR) is 121 cm³/mol. The van der Waals surface area contributed by atoms with Crippen LogP contribution in [0.1, 0.15) is 23.0 Å². The fourth-order valence-corrected chi connectivity index (χ4v) is 4.19. The lowest BCUT2D eigenvalue weighted by Gasteiger charge is -2.47. The maximum absolute atomic E-state index is 11.2. The summed E-state index contributed by atoms with van der Waals surface area (Å²) < 4.78 is 30.5. The Morgan fingerprint density at radius 2 is 1.30 bits per heavy atom. The first kappa shape index (κ1) is 22.2. The van der Waals surface area contributed by atoms with Crippen molar-refractivity contribution in [3.8, 4) is 0 Å². The van der Waals surface area contributed by atoms with Crippen LogP contribution in [0.25, 0.3) is 0 Å². The Labute approximate surface area is 193 Å². The van der Waals surface area contributed by atoms with E-state index < -0.39 is 37.0 Å². The third-order valence-corrected chi connectivity index (χ3v) is 5.92. The van der Waals surface area contributed by atoms with Gasteiger partial charge in [0, 0.05) is 5.56 Å². The third-order valence-electron chi connectivity index (χ3n) is 5.92. The van der Waals surface area contributed by atoms with Crippen LogP contribution in [0.2, 0.25) is 0 Å². The van der Waals surface area contributed by atoms with Gasteiger partial charge in [0.05, 0.1) is 19.8 Å². The zero-order valence-electron chi connectivity index (χ0n) is 18.2. The van der Waals surface area contributed by atoms with Crippen molar-refractivity contribution < 1.29 is 28.8 Å². The molecule has 0 bridgehead atoms. The summed E-state index contributed by atoms with van der Waals surface area (Å²) in [7, 11) is 0. The molecule has 0 aromatic heterocycles. The molecule has 2 fully saturated rings. The van der Waals surface area contributed by atoms with E-state index in [1.54, 1.807) is 0 Å². The lowest BCUT2D eigenvalue weighted by molar-refractivity contribution is -0.368. The molecule has 5 rings (SSSR count). The van der Waals surface area contributed by atoms with E-state index in [1.807, 2.05) is 91.0 Å². The van der Waals surface area contributed by atoms with Gasteiger partial charge in [-0.1, -0.05) is 91.0 Å². The Morgan fingerprint density at radius 3 is 1.94 bits per heavy atom. The number of aliphatic hydroxyl groups is 1. The Bertz CT molecular complexity index is 983. The smallest absolute Gasteiger partial charge is 0.187 e. The number of benzene rings is 3. The minimum absolute atomic E-state index is 0.313. The summed E-state index contributed by atoms with van der Waals surface area (Å²) in [6.07, 6.45) is -3.98. The second-order valence-corrected chi connectivity index (χ2v) is 8.27. The highest BCUT2D eigenvalue weighted by atomic mass is 16.8. The fraction of sp³-hybridized carbons (Fsp3) is 0.333. The van der Waals surface area contributed by atoms with Gasteiger partial charge in [-0.25, -0.2) is 0 Å². The van der Waals surface area contributed by atoms with E-state index >= 15 is 0 Å². The van der Waals surface area contributed by atoms with E-state index in [0.717, 1.165) is 16.7 Å². The van der Waals surface area contributed by atoms with Crippen molar-refractivity contribution in [2.75, 3.05) is 6.61 Å². The van der Waals surface area contributed by atoms with E-state index in [1.165, 1.54) is 0 Å². The SMILES string of the molecule is O[C@H]1[C@@H](OCc2ccccc2)O[C@@H]2CO[C@H](c3ccccc3)O[C@H]2[C@@H]1OCc1ccccc1. The van der Waals surface area contributed by atoms with E-state index in [2.05, 4.69) is 0 Å². The van der Waals surface area contributed by atoms with Gasteiger partial charge in [0.25, 0.3) is 0 Å². The van der Waals surface area contributed by atoms with Crippen LogP contribution in [0.5, 0.6) is 0 Å². The molecule has 3 aromatic rings. The molecule has 0 aliphatic carbocycles. The summed E-state index contributed by atoms with van der Waals surface area (Å²) in [5.41, 5.74) is 2.92. The van der Waals surface area contributed by atoms with Gasteiger partial charge >= 0.3 is 0 Å². The molecule has 0 radical (unpaired) electrons. The molecule has 1 N–H and O–H groups in total. The van der Waals surface area contributed by atoms with Crippen LogP contribution in [0.3, 0.4) is 0 Å². The molecule has 2 saturated heterocycles. The van der Waals surface area contributed by atoms with Crippen molar-refractivity contribution in [3.05, 3.63) is 108 Å². The monoisotopic (exact) mass is 448 g/mol. The molecular formula is C27H28O6. The second-order valence-electron chi connectivity index (χ2n) is 8.27. The van der Waals surface area contributed by atoms with Crippen molar-refractivity contribution in [2.45, 2.75) is 50.2 Å². The minimum atomic E-state index is -1.02. The number of hydrogen-bond donors (Lipinski definition) is 1. The topological polar surface area (TPSA) is 66.4 Å². The van der Waals surface area contributed by atoms with Gasteiger partial charge in [0.1, 0.15) is 24.4 Å². The number of ether oxygens (including phenoxy) is 5. The van der Waals surface area contributed by atoms with Gasteiger partial charge in [-0.3, -0.25) is 0 Å². The number of aliphatic hydroxyl groups excluding tert-OH is 1. The van der Waals surface area contributed by atoms with Gasteiger partial charge in [0.2, 0.25) is 0 Å². The van der Waals surface area contributed by atoms with Crippen LogP contribution in [0.4, 0.5) is 0 Å². The van der Waals surface area contributed by atoms with E-state index in [4.69, 9.17) is 23.7 Å². The van der Waals surface area contributed by atoms with Crippen LogP contribution in [0, 0.1) is 0 Å². The molecular weight excluding hydrogens is 420 g/mol. The average Bonchev–Trinajstić information content (AvgIpc) is 2.88. The fourth-order valence-electron chi connectivity index (χ4n) is 4.19. The molecule has 0 unspecified atom stereocenters. The van der Waals surface area contributed by atoms with Crippen LogP contribution in [-0.2, 0) is 36.9 Å². The lowest BCUT2D eigenvalue weighted by atomic mass is 9.97. The predicted octanol–water partition coefficient (Wildman–Crippen LogP) is 3.99. The minimum Gasteiger partial charge on any atom is -0.385 e. The van der Waals surface area contributed by atoms with Gasteiger partial charge < -0.3 is 28.8 Å². The summed E-state index contributed by atoms with van der Waals surface area (Å²) in [4.78, 5) is 0. The van der Waals surface area contributed by atoms with Crippen LogP contribution >= 0.6 is 0 Å². The summed E-state index contributed by atoms with van der Waals surface area (Å²) in [6, 6.07) is 29.4. The van der Waals surface area contributed by atoms with E-state index in [-0.39, 0.29) is 0 Å². The Balaban J connectivity index is 1.32. The standard InChI is InChI=1S/C27H28O6/c28-23-25(29-16-19-10-4-1-5-11-19)24-22(18-31-26(33-24)21-14-8-3-9-15-21)32-27(23)30-17-20-12-6-2-7-13-20/h1-15,22-28H,16-18H2/t22-,23-,24-,25-,26+,27+/m1/s1. The van der Waals surface area contributed by atoms with Crippen molar-refractivity contribution in [1.82, 2.24) is 0 Å². The normalized spacial score (nSPS) is 29.4. The number of fused-ring (bicyclic) bond motifs is 1. The quantitative estimate of drug-likeness (QED) is 0.590. The first-order valence-corrected chi connectivity index (χ1v) is 11.2. The molecule has 6 atom stereocenters. The molecule has 2 aliphatic rings. The number of rotatable bonds is 7. The average molecular weight is 449 g/mol. The van der Waals surface area contributed by atoms with Crippen LogP contribution < -0.4 is 0 Å². The van der Waals surface area contributed by atoms with Crippen molar-refractivity contribution in [2.24, 2.45) is 0 Å². The first-order chi connectivity index (χ1) is 16.3. The summed E-state index contributed by atoms with van der Waals surface area (Å²) in [5.74, 6) is 0. The van der Waals surface area contributed by atoms with Gasteiger partial charge in [-0.05, 0) is 11.1 Å². The van der Waals surface area contributed by atoms with Crippen molar-refractivity contribution in [3.63, 3.8) is 0 Å².